The second-order valence-corrected chi connectivity index (χ2v) is 5.29. The average Bonchev–Trinajstić information content (AvgIpc) is 2.28. The molecule has 0 unspecified atom stereocenters. The van der Waals surface area contributed by atoms with Crippen LogP contribution in [0.4, 0.5) is 5.69 Å². The number of hydrogen-bond donors (Lipinski definition) is 2. The predicted octanol–water partition coefficient (Wildman–Crippen LogP) is 0.984. The third-order valence-corrected chi connectivity index (χ3v) is 3.46. The molecule has 0 radical (unpaired) electrons. The fraction of sp³-hybridized carbons (Fsp3) is 0.222. The molecule has 0 fully saturated rings. The van der Waals surface area contributed by atoms with Gasteiger partial charge in [0.2, 0.25) is 10.0 Å². The van der Waals surface area contributed by atoms with E-state index in [0.29, 0.717) is 11.3 Å². The molecular formula is C9H11ClN2O3S. The van der Waals surface area contributed by atoms with Crippen LogP contribution in [0.1, 0.15) is 10.4 Å². The molecule has 1 aromatic carbocycles. The molecule has 88 valence electrons. The fourth-order valence-electron chi connectivity index (χ4n) is 1.08. The Morgan fingerprint density at radius 3 is 2.69 bits per heavy atom. The van der Waals surface area contributed by atoms with Crippen molar-refractivity contribution in [3.05, 3.63) is 29.8 Å². The summed E-state index contributed by atoms with van der Waals surface area (Å²) >= 11 is 5.24. The smallest absolute Gasteiger partial charge is 0.251 e. The number of nitrogens with one attached hydrogen (secondary N) is 2. The van der Waals surface area contributed by atoms with E-state index in [1.807, 2.05) is 0 Å². The maximum absolute atomic E-state index is 11.3. The number of sulfonamides is 1. The van der Waals surface area contributed by atoms with Gasteiger partial charge in [0.05, 0.1) is 0 Å². The van der Waals surface area contributed by atoms with Crippen LogP contribution < -0.4 is 10.0 Å². The van der Waals surface area contributed by atoms with Crippen LogP contribution >= 0.6 is 11.6 Å². The van der Waals surface area contributed by atoms with E-state index in [2.05, 4.69) is 10.0 Å². The van der Waals surface area contributed by atoms with Crippen LogP contribution in [-0.2, 0) is 10.0 Å². The van der Waals surface area contributed by atoms with Crippen LogP contribution in [0.2, 0.25) is 0 Å². The third kappa shape index (κ3) is 3.39. The molecule has 5 nitrogen and oxygen atoms in total. The summed E-state index contributed by atoms with van der Waals surface area (Å²) in [5.74, 6) is -0.285. The molecule has 1 rings (SSSR count). The number of hydrogen-bond acceptors (Lipinski definition) is 3. The van der Waals surface area contributed by atoms with Crippen molar-refractivity contribution in [3.63, 3.8) is 0 Å². The summed E-state index contributed by atoms with van der Waals surface area (Å²) in [6, 6.07) is 6.13. The molecule has 0 aliphatic rings. The average molecular weight is 263 g/mol. The highest BCUT2D eigenvalue weighted by molar-refractivity contribution is 7.93. The van der Waals surface area contributed by atoms with Crippen molar-refractivity contribution in [2.45, 2.75) is 0 Å². The van der Waals surface area contributed by atoms with Gasteiger partial charge in [0.15, 0.2) is 0 Å². The number of carbonyl (C=O) groups excluding carboxylic acids is 1. The Labute approximate surface area is 98.9 Å². The van der Waals surface area contributed by atoms with Gasteiger partial charge in [-0.1, -0.05) is 6.07 Å². The van der Waals surface area contributed by atoms with Gasteiger partial charge in [-0.3, -0.25) is 9.52 Å². The lowest BCUT2D eigenvalue weighted by molar-refractivity contribution is 0.0963. The largest absolute Gasteiger partial charge is 0.355 e. The monoisotopic (exact) mass is 262 g/mol. The summed E-state index contributed by atoms with van der Waals surface area (Å²) in [5.41, 5.74) is 0.680. The molecule has 16 heavy (non-hydrogen) atoms. The van der Waals surface area contributed by atoms with E-state index in [0.717, 1.165) is 0 Å². The number of anilines is 1. The lowest BCUT2D eigenvalue weighted by Crippen LogP contribution is -2.18. The van der Waals surface area contributed by atoms with E-state index in [9.17, 15) is 13.2 Å². The quantitative estimate of drug-likeness (QED) is 0.795. The normalized spacial score (nSPS) is 10.9. The van der Waals surface area contributed by atoms with Crippen molar-refractivity contribution in [1.29, 1.82) is 0 Å². The molecule has 0 bridgehead atoms. The van der Waals surface area contributed by atoms with Crippen molar-refractivity contribution in [3.8, 4) is 0 Å². The molecule has 0 saturated heterocycles. The molecule has 7 heteroatoms. The Morgan fingerprint density at radius 1 is 1.44 bits per heavy atom. The van der Waals surface area contributed by atoms with Crippen molar-refractivity contribution in [2.24, 2.45) is 0 Å². The molecule has 1 amide bonds. The highest BCUT2D eigenvalue weighted by Crippen LogP contribution is 2.12. The highest BCUT2D eigenvalue weighted by Gasteiger charge is 2.09. The summed E-state index contributed by atoms with van der Waals surface area (Å²) in [5, 5.41) is 1.91. The molecule has 0 heterocycles. The summed E-state index contributed by atoms with van der Waals surface area (Å²) in [7, 11) is -2.04. The van der Waals surface area contributed by atoms with E-state index in [1.165, 1.54) is 19.2 Å². The van der Waals surface area contributed by atoms with Crippen molar-refractivity contribution < 1.29 is 13.2 Å². The molecule has 0 aliphatic heterocycles. The summed E-state index contributed by atoms with van der Waals surface area (Å²) < 4.78 is 24.6. The van der Waals surface area contributed by atoms with Gasteiger partial charge in [0.1, 0.15) is 5.21 Å². The zero-order valence-electron chi connectivity index (χ0n) is 8.53. The first-order valence-electron chi connectivity index (χ1n) is 4.37. The summed E-state index contributed by atoms with van der Waals surface area (Å²) in [6.45, 7) is 0. The van der Waals surface area contributed by atoms with Crippen LogP contribution in [0.25, 0.3) is 0 Å². The minimum absolute atomic E-state index is 0.285. The van der Waals surface area contributed by atoms with Crippen molar-refractivity contribution in [1.82, 2.24) is 5.32 Å². The minimum atomic E-state index is -3.54. The second kappa shape index (κ2) is 5.18. The summed E-state index contributed by atoms with van der Waals surface area (Å²) in [6.07, 6.45) is 0. The van der Waals surface area contributed by atoms with Gasteiger partial charge in [-0.2, -0.15) is 0 Å². The van der Waals surface area contributed by atoms with E-state index in [4.69, 9.17) is 11.6 Å². The molecular weight excluding hydrogens is 252 g/mol. The Morgan fingerprint density at radius 2 is 2.12 bits per heavy atom. The van der Waals surface area contributed by atoms with Gasteiger partial charge in [-0.05, 0) is 18.2 Å². The fourth-order valence-corrected chi connectivity index (χ4v) is 1.78. The van der Waals surface area contributed by atoms with Gasteiger partial charge < -0.3 is 5.32 Å². The zero-order chi connectivity index (χ0) is 12.2. The third-order valence-electron chi connectivity index (χ3n) is 1.77. The number of amides is 1. The molecule has 0 saturated carbocycles. The number of carbonyl (C=O) groups is 1. The molecule has 0 aliphatic carbocycles. The van der Waals surface area contributed by atoms with E-state index in [1.54, 1.807) is 12.1 Å². The SMILES string of the molecule is CNC(=O)c1cccc(NS(=O)(=O)CCl)c1. The first-order valence-corrected chi connectivity index (χ1v) is 6.56. The predicted molar refractivity (Wildman–Crippen MR) is 63.1 cm³/mol. The second-order valence-electron chi connectivity index (χ2n) is 2.99. The lowest BCUT2D eigenvalue weighted by atomic mass is 10.2. The van der Waals surface area contributed by atoms with Gasteiger partial charge in [-0.15, -0.1) is 11.6 Å². The Balaban J connectivity index is 2.96. The number of alkyl halides is 1. The van der Waals surface area contributed by atoms with Crippen LogP contribution in [0, 0.1) is 0 Å². The van der Waals surface area contributed by atoms with Gasteiger partial charge in [-0.25, -0.2) is 8.42 Å². The van der Waals surface area contributed by atoms with Gasteiger partial charge >= 0.3 is 0 Å². The van der Waals surface area contributed by atoms with Gasteiger partial charge in [0.25, 0.3) is 5.91 Å². The van der Waals surface area contributed by atoms with Crippen molar-refractivity contribution >= 4 is 33.2 Å². The Bertz CT molecular complexity index is 487. The Kier molecular flexibility index (Phi) is 4.14. The van der Waals surface area contributed by atoms with Crippen LogP contribution in [0.15, 0.2) is 24.3 Å². The minimum Gasteiger partial charge on any atom is -0.355 e. The molecule has 0 spiro atoms. The standard InChI is InChI=1S/C9H11ClN2O3S/c1-11-9(13)7-3-2-4-8(5-7)12-16(14,15)6-10/h2-5,12H,6H2,1H3,(H,11,13). The van der Waals surface area contributed by atoms with Crippen LogP contribution in [0.3, 0.4) is 0 Å². The molecule has 0 atom stereocenters. The number of rotatable bonds is 4. The first kappa shape index (κ1) is 12.8. The molecule has 0 aromatic heterocycles. The first-order chi connectivity index (χ1) is 7.48. The number of halogens is 1. The highest BCUT2D eigenvalue weighted by atomic mass is 35.5. The zero-order valence-corrected chi connectivity index (χ0v) is 10.1. The number of benzene rings is 1. The van der Waals surface area contributed by atoms with Crippen LogP contribution in [0.5, 0.6) is 0 Å². The van der Waals surface area contributed by atoms with Gasteiger partial charge in [0, 0.05) is 18.3 Å². The lowest BCUT2D eigenvalue weighted by Gasteiger charge is -2.06. The Hall–Kier alpha value is -1.27. The van der Waals surface area contributed by atoms with E-state index >= 15 is 0 Å². The topological polar surface area (TPSA) is 75.3 Å². The maximum atomic E-state index is 11.3. The summed E-state index contributed by atoms with van der Waals surface area (Å²) in [4.78, 5) is 11.3. The van der Waals surface area contributed by atoms with Crippen molar-refractivity contribution in [2.75, 3.05) is 17.0 Å². The molecule has 1 aromatic rings. The molecule has 2 N–H and O–H groups in total. The maximum Gasteiger partial charge on any atom is 0.251 e. The van der Waals surface area contributed by atoms with Crippen LogP contribution in [-0.4, -0.2) is 26.6 Å². The van der Waals surface area contributed by atoms with E-state index < -0.39 is 15.2 Å². The van der Waals surface area contributed by atoms with E-state index in [-0.39, 0.29) is 5.91 Å².